The standard InChI is InChI=1S/C14H8BrF3N2/c1-7-2-10(16)9(15)5-13(7)20-14-11(17)3-8(6-19)4-12(14)18/h2-5,20H,1H3. The average Bonchev–Trinajstić information content (AvgIpc) is 2.39. The summed E-state index contributed by atoms with van der Waals surface area (Å²) in [7, 11) is 0. The Kier molecular flexibility index (Phi) is 4.00. The molecular weight excluding hydrogens is 333 g/mol. The van der Waals surface area contributed by atoms with E-state index < -0.39 is 17.5 Å². The SMILES string of the molecule is Cc1cc(F)c(Br)cc1Nc1c(F)cc(C#N)cc1F. The lowest BCUT2D eigenvalue weighted by molar-refractivity contribution is 0.590. The van der Waals surface area contributed by atoms with Crippen LogP contribution in [0, 0.1) is 35.7 Å². The maximum Gasteiger partial charge on any atom is 0.150 e. The first-order valence-electron chi connectivity index (χ1n) is 5.54. The number of halogens is 4. The van der Waals surface area contributed by atoms with Gasteiger partial charge in [0, 0.05) is 5.69 Å². The molecule has 0 aliphatic carbocycles. The van der Waals surface area contributed by atoms with Gasteiger partial charge in [-0.2, -0.15) is 5.26 Å². The number of nitriles is 1. The van der Waals surface area contributed by atoms with Crippen molar-refractivity contribution >= 4 is 27.3 Å². The minimum Gasteiger partial charge on any atom is -0.350 e. The molecular formula is C14H8BrF3N2. The molecule has 0 heterocycles. The molecule has 0 fully saturated rings. The summed E-state index contributed by atoms with van der Waals surface area (Å²) >= 11 is 3.01. The van der Waals surface area contributed by atoms with E-state index in [4.69, 9.17) is 5.26 Å². The molecule has 0 unspecified atom stereocenters. The largest absolute Gasteiger partial charge is 0.350 e. The fraction of sp³-hybridized carbons (Fsp3) is 0.0714. The molecule has 102 valence electrons. The summed E-state index contributed by atoms with van der Waals surface area (Å²) in [4.78, 5) is 0. The molecule has 1 N–H and O–H groups in total. The highest BCUT2D eigenvalue weighted by Crippen LogP contribution is 2.29. The zero-order chi connectivity index (χ0) is 14.9. The van der Waals surface area contributed by atoms with E-state index in [0.717, 1.165) is 12.1 Å². The molecule has 6 heteroatoms. The Morgan fingerprint density at radius 2 is 1.65 bits per heavy atom. The number of rotatable bonds is 2. The van der Waals surface area contributed by atoms with Crippen molar-refractivity contribution in [3.8, 4) is 6.07 Å². The first-order chi connectivity index (χ1) is 9.42. The predicted molar refractivity (Wildman–Crippen MR) is 73.2 cm³/mol. The van der Waals surface area contributed by atoms with Crippen LogP contribution in [0.5, 0.6) is 0 Å². The molecule has 2 aromatic carbocycles. The third kappa shape index (κ3) is 2.78. The van der Waals surface area contributed by atoms with Crippen molar-refractivity contribution in [2.75, 3.05) is 5.32 Å². The average molecular weight is 341 g/mol. The number of nitrogens with one attached hydrogen (secondary N) is 1. The van der Waals surface area contributed by atoms with Crippen molar-refractivity contribution in [3.63, 3.8) is 0 Å². The van der Waals surface area contributed by atoms with Crippen LogP contribution < -0.4 is 5.32 Å². The molecule has 20 heavy (non-hydrogen) atoms. The Hall–Kier alpha value is -2.00. The Labute approximate surface area is 122 Å². The van der Waals surface area contributed by atoms with Crippen molar-refractivity contribution in [1.82, 2.24) is 0 Å². The van der Waals surface area contributed by atoms with Gasteiger partial charge in [-0.05, 0) is 52.7 Å². The Bertz CT molecular complexity index is 700. The van der Waals surface area contributed by atoms with Crippen LogP contribution >= 0.6 is 15.9 Å². The molecule has 2 nitrogen and oxygen atoms in total. The third-order valence-corrected chi connectivity index (χ3v) is 3.31. The first-order valence-corrected chi connectivity index (χ1v) is 6.33. The lowest BCUT2D eigenvalue weighted by Gasteiger charge is -2.12. The molecule has 0 aliphatic rings. The molecule has 2 aromatic rings. The molecule has 0 saturated heterocycles. The van der Waals surface area contributed by atoms with E-state index in [1.807, 2.05) is 0 Å². The zero-order valence-electron chi connectivity index (χ0n) is 10.3. The summed E-state index contributed by atoms with van der Waals surface area (Å²) in [6, 6.07) is 6.16. The Morgan fingerprint density at radius 1 is 1.05 bits per heavy atom. The van der Waals surface area contributed by atoms with Crippen LogP contribution in [0.25, 0.3) is 0 Å². The lowest BCUT2D eigenvalue weighted by atomic mass is 10.1. The van der Waals surface area contributed by atoms with Crippen LogP contribution in [0.1, 0.15) is 11.1 Å². The fourth-order valence-corrected chi connectivity index (χ4v) is 2.02. The van der Waals surface area contributed by atoms with E-state index in [2.05, 4.69) is 21.2 Å². The van der Waals surface area contributed by atoms with Gasteiger partial charge in [0.25, 0.3) is 0 Å². The van der Waals surface area contributed by atoms with Crippen molar-refractivity contribution in [2.24, 2.45) is 0 Å². The highest BCUT2D eigenvalue weighted by molar-refractivity contribution is 9.10. The minimum atomic E-state index is -0.888. The molecule has 0 aromatic heterocycles. The maximum atomic E-state index is 13.8. The lowest BCUT2D eigenvalue weighted by Crippen LogP contribution is -2.01. The molecule has 0 aliphatic heterocycles. The number of hydrogen-bond donors (Lipinski definition) is 1. The van der Waals surface area contributed by atoms with Gasteiger partial charge in [0.2, 0.25) is 0 Å². The van der Waals surface area contributed by atoms with E-state index >= 15 is 0 Å². The molecule has 0 amide bonds. The van der Waals surface area contributed by atoms with Crippen LogP contribution in [-0.4, -0.2) is 0 Å². The monoisotopic (exact) mass is 340 g/mol. The summed E-state index contributed by atoms with van der Waals surface area (Å²) in [5.74, 6) is -2.24. The van der Waals surface area contributed by atoms with Crippen molar-refractivity contribution in [1.29, 1.82) is 5.26 Å². The van der Waals surface area contributed by atoms with Gasteiger partial charge in [0.1, 0.15) is 11.5 Å². The van der Waals surface area contributed by atoms with Crippen LogP contribution in [-0.2, 0) is 0 Å². The van der Waals surface area contributed by atoms with Crippen LogP contribution in [0.4, 0.5) is 24.5 Å². The molecule has 0 spiro atoms. The Balaban J connectivity index is 2.46. The van der Waals surface area contributed by atoms with Gasteiger partial charge in [0.05, 0.1) is 16.1 Å². The smallest absolute Gasteiger partial charge is 0.150 e. The normalized spacial score (nSPS) is 10.2. The fourth-order valence-electron chi connectivity index (χ4n) is 1.67. The van der Waals surface area contributed by atoms with Gasteiger partial charge >= 0.3 is 0 Å². The number of benzene rings is 2. The van der Waals surface area contributed by atoms with Crippen molar-refractivity contribution < 1.29 is 13.2 Å². The Morgan fingerprint density at radius 3 is 2.20 bits per heavy atom. The van der Waals surface area contributed by atoms with Gasteiger partial charge in [0.15, 0.2) is 11.6 Å². The summed E-state index contributed by atoms with van der Waals surface area (Å²) < 4.78 is 41.0. The van der Waals surface area contributed by atoms with E-state index in [1.165, 1.54) is 12.1 Å². The number of nitrogens with zero attached hydrogens (tertiary/aromatic N) is 1. The van der Waals surface area contributed by atoms with Crippen molar-refractivity contribution in [3.05, 3.63) is 57.3 Å². The second-order valence-corrected chi connectivity index (χ2v) is 4.99. The zero-order valence-corrected chi connectivity index (χ0v) is 11.9. The highest BCUT2D eigenvalue weighted by Gasteiger charge is 2.13. The topological polar surface area (TPSA) is 35.8 Å². The highest BCUT2D eigenvalue weighted by atomic mass is 79.9. The van der Waals surface area contributed by atoms with Gasteiger partial charge in [-0.25, -0.2) is 13.2 Å². The molecule has 0 radical (unpaired) electrons. The summed E-state index contributed by atoms with van der Waals surface area (Å²) in [6.45, 7) is 1.61. The third-order valence-electron chi connectivity index (χ3n) is 2.70. The second kappa shape index (κ2) is 5.55. The number of aryl methyl sites for hydroxylation is 1. The summed E-state index contributed by atoms with van der Waals surface area (Å²) in [5.41, 5.74) is 0.364. The molecule has 0 atom stereocenters. The van der Waals surface area contributed by atoms with Gasteiger partial charge < -0.3 is 5.32 Å². The van der Waals surface area contributed by atoms with E-state index in [-0.39, 0.29) is 15.7 Å². The molecule has 0 saturated carbocycles. The van der Waals surface area contributed by atoms with Crippen LogP contribution in [0.2, 0.25) is 0 Å². The van der Waals surface area contributed by atoms with E-state index in [0.29, 0.717) is 11.3 Å². The van der Waals surface area contributed by atoms with Crippen LogP contribution in [0.15, 0.2) is 28.7 Å². The van der Waals surface area contributed by atoms with Gasteiger partial charge in [-0.3, -0.25) is 0 Å². The van der Waals surface area contributed by atoms with E-state index in [9.17, 15) is 13.2 Å². The summed E-state index contributed by atoms with van der Waals surface area (Å²) in [6.07, 6.45) is 0. The van der Waals surface area contributed by atoms with Crippen LogP contribution in [0.3, 0.4) is 0 Å². The number of anilines is 2. The molecule has 2 rings (SSSR count). The molecule has 0 bridgehead atoms. The minimum absolute atomic E-state index is 0.109. The predicted octanol–water partition coefficient (Wildman–Crippen LogP) is 4.79. The van der Waals surface area contributed by atoms with E-state index in [1.54, 1.807) is 13.0 Å². The van der Waals surface area contributed by atoms with Gasteiger partial charge in [-0.1, -0.05) is 0 Å². The first kappa shape index (κ1) is 14.4. The quantitative estimate of drug-likeness (QED) is 0.853. The second-order valence-electron chi connectivity index (χ2n) is 4.13. The van der Waals surface area contributed by atoms with Gasteiger partial charge in [-0.15, -0.1) is 0 Å². The summed E-state index contributed by atoms with van der Waals surface area (Å²) in [5, 5.41) is 11.2. The van der Waals surface area contributed by atoms with Crippen molar-refractivity contribution in [2.45, 2.75) is 6.92 Å². The maximum absolute atomic E-state index is 13.8. The number of hydrogen-bond acceptors (Lipinski definition) is 2.